The number of H-pyrrole nitrogens is 1. The Bertz CT molecular complexity index is 937. The van der Waals surface area contributed by atoms with E-state index in [-0.39, 0.29) is 11.7 Å². The van der Waals surface area contributed by atoms with Gasteiger partial charge in [-0.05, 0) is 35.6 Å². The number of aromatic nitrogens is 4. The summed E-state index contributed by atoms with van der Waals surface area (Å²) in [5.41, 5.74) is 1.87. The molecule has 0 saturated carbocycles. The van der Waals surface area contributed by atoms with Crippen molar-refractivity contribution in [1.82, 2.24) is 20.6 Å². The third-order valence-electron chi connectivity index (χ3n) is 5.08. The van der Waals surface area contributed by atoms with E-state index in [1.807, 2.05) is 24.3 Å². The molecule has 156 valence electrons. The lowest BCUT2D eigenvalue weighted by Crippen LogP contribution is -2.33. The summed E-state index contributed by atoms with van der Waals surface area (Å²) in [4.78, 5) is 23.7. The summed E-state index contributed by atoms with van der Waals surface area (Å²) >= 11 is 0. The highest BCUT2D eigenvalue weighted by atomic mass is 16.5. The number of benzene rings is 2. The molecule has 8 heteroatoms. The van der Waals surface area contributed by atoms with E-state index < -0.39 is 18.0 Å². The maximum Gasteiger partial charge on any atom is 0.337 e. The van der Waals surface area contributed by atoms with Crippen LogP contribution in [0.3, 0.4) is 0 Å². The van der Waals surface area contributed by atoms with Crippen LogP contribution in [0.5, 0.6) is 0 Å². The second-order valence-corrected chi connectivity index (χ2v) is 7.47. The summed E-state index contributed by atoms with van der Waals surface area (Å²) in [5, 5.41) is 24.0. The molecule has 1 atom stereocenters. The largest absolute Gasteiger partial charge is 0.465 e. The number of hydrogen-bond acceptors (Lipinski definition) is 7. The van der Waals surface area contributed by atoms with Gasteiger partial charge in [-0.15, -0.1) is 10.2 Å². The molecule has 0 bridgehead atoms. The zero-order valence-corrected chi connectivity index (χ0v) is 17.1. The number of carbonyl (C=O) groups is 2. The van der Waals surface area contributed by atoms with Crippen LogP contribution < -0.4 is 0 Å². The summed E-state index contributed by atoms with van der Waals surface area (Å²) in [5.74, 6) is -0.00812. The van der Waals surface area contributed by atoms with Crippen molar-refractivity contribution in [2.45, 2.75) is 25.7 Å². The minimum absolute atomic E-state index is 0.266. The molecule has 3 aromatic rings. The van der Waals surface area contributed by atoms with Crippen LogP contribution in [0, 0.1) is 5.92 Å². The summed E-state index contributed by atoms with van der Waals surface area (Å²) in [6.07, 6.45) is 0.664. The molecule has 3 rings (SSSR count). The second kappa shape index (κ2) is 8.96. The zero-order valence-electron chi connectivity index (χ0n) is 17.1. The van der Waals surface area contributed by atoms with Crippen LogP contribution in [0.1, 0.15) is 57.9 Å². The van der Waals surface area contributed by atoms with Crippen molar-refractivity contribution in [2.24, 2.45) is 5.92 Å². The van der Waals surface area contributed by atoms with Gasteiger partial charge in [-0.1, -0.05) is 55.5 Å². The van der Waals surface area contributed by atoms with Gasteiger partial charge >= 0.3 is 5.97 Å². The maximum absolute atomic E-state index is 11.9. The quantitative estimate of drug-likeness (QED) is 0.434. The van der Waals surface area contributed by atoms with E-state index in [0.717, 1.165) is 11.1 Å². The first-order chi connectivity index (χ1) is 14.4. The number of carbonyl (C=O) groups excluding carboxylic acids is 2. The van der Waals surface area contributed by atoms with Crippen LogP contribution in [0.4, 0.5) is 0 Å². The van der Waals surface area contributed by atoms with Gasteiger partial charge in [-0.25, -0.2) is 4.79 Å². The number of aliphatic hydroxyl groups is 1. The average molecular weight is 408 g/mol. The van der Waals surface area contributed by atoms with E-state index in [2.05, 4.69) is 34.5 Å². The van der Waals surface area contributed by atoms with Crippen molar-refractivity contribution < 1.29 is 19.4 Å². The first-order valence-electron chi connectivity index (χ1n) is 9.59. The molecular formula is C22H24N4O4. The van der Waals surface area contributed by atoms with Crippen molar-refractivity contribution in [3.05, 3.63) is 76.6 Å². The Morgan fingerprint density at radius 3 is 2.03 bits per heavy atom. The topological polar surface area (TPSA) is 118 Å². The van der Waals surface area contributed by atoms with Crippen LogP contribution in [0.15, 0.2) is 48.5 Å². The number of rotatable bonds is 8. The summed E-state index contributed by atoms with van der Waals surface area (Å²) in [6.45, 7) is 3.65. The Balaban J connectivity index is 2.20. The molecule has 1 unspecified atom stereocenters. The highest BCUT2D eigenvalue weighted by Crippen LogP contribution is 2.42. The van der Waals surface area contributed by atoms with Crippen molar-refractivity contribution >= 4 is 11.8 Å². The molecule has 8 nitrogen and oxygen atoms in total. The minimum atomic E-state index is -0.753. The number of aromatic amines is 1. The highest BCUT2D eigenvalue weighted by Gasteiger charge is 2.41. The molecule has 0 spiro atoms. The highest BCUT2D eigenvalue weighted by molar-refractivity contribution is 5.97. The van der Waals surface area contributed by atoms with Gasteiger partial charge in [0.05, 0.1) is 18.1 Å². The molecule has 0 aliphatic heterocycles. The van der Waals surface area contributed by atoms with Gasteiger partial charge in [0.1, 0.15) is 6.61 Å². The number of nitrogens with one attached hydrogen (secondary N) is 1. The number of esters is 1. The monoisotopic (exact) mass is 408 g/mol. The Morgan fingerprint density at radius 1 is 1.03 bits per heavy atom. The molecule has 0 aliphatic carbocycles. The van der Waals surface area contributed by atoms with Crippen molar-refractivity contribution in [3.63, 3.8) is 0 Å². The second-order valence-electron chi connectivity index (χ2n) is 7.47. The predicted octanol–water partition coefficient (Wildman–Crippen LogP) is 2.54. The SMILES string of the molecule is COC(=O)c1ccc(C(CC(C)C)(c2ccc(C(=O)CO)cc2)c2nn[nH]n2)cc1. The standard InChI is InChI=1S/C22H24N4O4/c1-14(2)12-22(21-23-25-26-24-21,17-8-4-15(5-9-17)19(28)13-27)18-10-6-16(7-11-18)20(29)30-3/h4-11,14,27H,12-13H2,1-3H3,(H,23,24,25,26). The number of ether oxygens (including phenoxy) is 1. The number of ketones is 1. The Morgan fingerprint density at radius 2 is 1.60 bits per heavy atom. The van der Waals surface area contributed by atoms with E-state index in [4.69, 9.17) is 9.84 Å². The van der Waals surface area contributed by atoms with Crippen LogP contribution in [0.25, 0.3) is 0 Å². The van der Waals surface area contributed by atoms with Gasteiger partial charge in [0.25, 0.3) is 0 Å². The summed E-state index contributed by atoms with van der Waals surface area (Å²) in [7, 11) is 1.34. The van der Waals surface area contributed by atoms with Crippen LogP contribution >= 0.6 is 0 Å². The molecule has 0 radical (unpaired) electrons. The lowest BCUT2D eigenvalue weighted by atomic mass is 9.68. The van der Waals surface area contributed by atoms with E-state index in [1.165, 1.54) is 7.11 Å². The van der Waals surface area contributed by atoms with Crippen LogP contribution in [0.2, 0.25) is 0 Å². The molecule has 0 saturated heterocycles. The third kappa shape index (κ3) is 3.99. The maximum atomic E-state index is 11.9. The number of Topliss-reactive ketones (excluding diaryl/α,β-unsaturated/α-hetero) is 1. The normalized spacial score (nSPS) is 13.1. The van der Waals surface area contributed by atoms with Crippen LogP contribution in [-0.4, -0.2) is 51.2 Å². The molecule has 0 fully saturated rings. The number of nitrogens with zero attached hydrogens (tertiary/aromatic N) is 3. The summed E-state index contributed by atoms with van der Waals surface area (Å²) < 4.78 is 4.80. The molecule has 0 aliphatic rings. The van der Waals surface area contributed by atoms with Gasteiger partial charge in [0, 0.05) is 5.56 Å². The van der Waals surface area contributed by atoms with Gasteiger partial charge in [0.2, 0.25) is 0 Å². The van der Waals surface area contributed by atoms with E-state index in [0.29, 0.717) is 23.4 Å². The minimum Gasteiger partial charge on any atom is -0.465 e. The number of hydrogen-bond donors (Lipinski definition) is 2. The average Bonchev–Trinajstić information content (AvgIpc) is 3.32. The fraction of sp³-hybridized carbons (Fsp3) is 0.318. The molecule has 1 heterocycles. The molecule has 30 heavy (non-hydrogen) atoms. The van der Waals surface area contributed by atoms with Crippen molar-refractivity contribution in [3.8, 4) is 0 Å². The lowest BCUT2D eigenvalue weighted by molar-refractivity contribution is 0.0600. The molecule has 2 aromatic carbocycles. The molecular weight excluding hydrogens is 384 g/mol. The number of aliphatic hydroxyl groups excluding tert-OH is 1. The predicted molar refractivity (Wildman–Crippen MR) is 109 cm³/mol. The van der Waals surface area contributed by atoms with Crippen LogP contribution in [-0.2, 0) is 10.2 Å². The fourth-order valence-electron chi connectivity index (χ4n) is 3.75. The molecule has 0 amide bonds. The van der Waals surface area contributed by atoms with E-state index >= 15 is 0 Å². The van der Waals surface area contributed by atoms with Gasteiger partial charge in [-0.2, -0.15) is 5.21 Å². The number of tetrazole rings is 1. The lowest BCUT2D eigenvalue weighted by Gasteiger charge is -2.34. The van der Waals surface area contributed by atoms with Gasteiger partial charge in [-0.3, -0.25) is 4.79 Å². The smallest absolute Gasteiger partial charge is 0.337 e. The first-order valence-corrected chi connectivity index (χ1v) is 9.59. The van der Waals surface area contributed by atoms with Gasteiger partial charge < -0.3 is 9.84 Å². The van der Waals surface area contributed by atoms with Gasteiger partial charge in [0.15, 0.2) is 11.6 Å². The fourth-order valence-corrected chi connectivity index (χ4v) is 3.75. The van der Waals surface area contributed by atoms with Crippen molar-refractivity contribution in [1.29, 1.82) is 0 Å². The summed E-state index contributed by atoms with van der Waals surface area (Å²) in [6, 6.07) is 14.2. The number of methoxy groups -OCH3 is 1. The third-order valence-corrected chi connectivity index (χ3v) is 5.08. The zero-order chi connectivity index (χ0) is 21.7. The Labute approximate surface area is 174 Å². The molecule has 2 N–H and O–H groups in total. The first kappa shape index (κ1) is 21.3. The van der Waals surface area contributed by atoms with Crippen molar-refractivity contribution in [2.75, 3.05) is 13.7 Å². The van der Waals surface area contributed by atoms with E-state index in [1.54, 1.807) is 24.3 Å². The Kier molecular flexibility index (Phi) is 6.37. The van der Waals surface area contributed by atoms with E-state index in [9.17, 15) is 9.59 Å². The Hall–Kier alpha value is -3.39. The molecule has 1 aromatic heterocycles.